The first kappa shape index (κ1) is 30.2. The van der Waals surface area contributed by atoms with Gasteiger partial charge in [0, 0.05) is 32.7 Å². The van der Waals surface area contributed by atoms with Crippen LogP contribution in [0.4, 0.5) is 0 Å². The Bertz CT molecular complexity index is 2770. The third-order valence-electron chi connectivity index (χ3n) is 9.32. The Morgan fingerprint density at radius 3 is 1.88 bits per heavy atom. The van der Waals surface area contributed by atoms with Crippen molar-refractivity contribution in [3.05, 3.63) is 180 Å². The maximum Gasteiger partial charge on any atom is 0.161 e. The van der Waals surface area contributed by atoms with Gasteiger partial charge in [0.1, 0.15) is 22.3 Å². The van der Waals surface area contributed by atoms with Gasteiger partial charge < -0.3 is 8.83 Å². The van der Waals surface area contributed by atoms with Crippen LogP contribution in [0.2, 0.25) is 0 Å². The number of rotatable bonds is 6. The molecule has 9 rings (SSSR count). The van der Waals surface area contributed by atoms with E-state index in [1.54, 1.807) is 0 Å². The Hall–Kier alpha value is -6.85. The van der Waals surface area contributed by atoms with E-state index in [9.17, 15) is 0 Å². The zero-order valence-electron chi connectivity index (χ0n) is 27.7. The number of fused-ring (bicyclic) bond motifs is 6. The molecule has 5 heteroatoms. The predicted molar refractivity (Wildman–Crippen MR) is 211 cm³/mol. The van der Waals surface area contributed by atoms with Crippen molar-refractivity contribution in [1.82, 2.24) is 0 Å². The summed E-state index contributed by atoms with van der Waals surface area (Å²) in [5.74, 6) is 0.995. The molecule has 242 valence electrons. The van der Waals surface area contributed by atoms with Gasteiger partial charge in [0.15, 0.2) is 11.7 Å². The Balaban J connectivity index is 1.13. The van der Waals surface area contributed by atoms with Crippen molar-refractivity contribution in [2.45, 2.75) is 6.54 Å². The lowest BCUT2D eigenvalue weighted by molar-refractivity contribution is 0.668. The van der Waals surface area contributed by atoms with Crippen molar-refractivity contribution in [3.8, 4) is 22.3 Å². The second-order valence-electron chi connectivity index (χ2n) is 12.5. The second kappa shape index (κ2) is 12.9. The molecule has 0 atom stereocenters. The van der Waals surface area contributed by atoms with E-state index in [-0.39, 0.29) is 0 Å². The number of nitrogens with zero attached hydrogens (tertiary/aromatic N) is 3. The Kier molecular flexibility index (Phi) is 7.63. The first-order chi connectivity index (χ1) is 25.2. The van der Waals surface area contributed by atoms with E-state index in [1.807, 2.05) is 72.8 Å². The third-order valence-corrected chi connectivity index (χ3v) is 9.32. The number of furan rings is 2. The molecule has 0 spiro atoms. The number of para-hydroxylation sites is 1. The fraction of sp³-hybridized carbons (Fsp3) is 0.0217. The van der Waals surface area contributed by atoms with Crippen LogP contribution in [0.3, 0.4) is 0 Å². The molecule has 0 aliphatic rings. The average molecular weight is 658 g/mol. The summed E-state index contributed by atoms with van der Waals surface area (Å²) in [5.41, 5.74) is 10.5. The fourth-order valence-electron chi connectivity index (χ4n) is 6.76. The number of hydrogen-bond acceptors (Lipinski definition) is 3. The summed E-state index contributed by atoms with van der Waals surface area (Å²) >= 11 is 0. The summed E-state index contributed by atoms with van der Waals surface area (Å²) in [6.07, 6.45) is 0. The van der Waals surface area contributed by atoms with Gasteiger partial charge in [0.05, 0.1) is 6.54 Å². The highest BCUT2D eigenvalue weighted by Crippen LogP contribution is 2.36. The lowest BCUT2D eigenvalue weighted by atomic mass is 9.99. The molecule has 2 heterocycles. The largest absolute Gasteiger partial charge is 0.456 e. The van der Waals surface area contributed by atoms with E-state index in [1.165, 1.54) is 11.1 Å². The third kappa shape index (κ3) is 5.71. The van der Waals surface area contributed by atoms with Gasteiger partial charge in [-0.3, -0.25) is 4.99 Å². The Labute approximate surface area is 294 Å². The monoisotopic (exact) mass is 657 g/mol. The topological polar surface area (TPSA) is 63.4 Å². The molecular weight excluding hydrogens is 627 g/mol. The Morgan fingerprint density at radius 1 is 0.471 bits per heavy atom. The molecule has 2 aromatic heterocycles. The predicted octanol–water partition coefficient (Wildman–Crippen LogP) is 11.9. The van der Waals surface area contributed by atoms with E-state index >= 15 is 0 Å². The van der Waals surface area contributed by atoms with Crippen molar-refractivity contribution in [1.29, 1.82) is 0 Å². The first-order valence-electron chi connectivity index (χ1n) is 16.9. The lowest BCUT2D eigenvalue weighted by Gasteiger charge is -2.07. The van der Waals surface area contributed by atoms with Crippen molar-refractivity contribution >= 4 is 62.3 Å². The maximum atomic E-state index is 6.46. The van der Waals surface area contributed by atoms with Crippen LogP contribution in [0, 0.1) is 0 Å². The van der Waals surface area contributed by atoms with Gasteiger partial charge >= 0.3 is 0 Å². The van der Waals surface area contributed by atoms with Crippen molar-refractivity contribution in [2.75, 3.05) is 0 Å². The van der Waals surface area contributed by atoms with Crippen molar-refractivity contribution in [2.24, 2.45) is 15.0 Å². The van der Waals surface area contributed by atoms with Gasteiger partial charge in [-0.2, -0.15) is 0 Å². The van der Waals surface area contributed by atoms with E-state index in [0.717, 1.165) is 71.7 Å². The highest BCUT2D eigenvalue weighted by atomic mass is 16.3. The van der Waals surface area contributed by atoms with E-state index in [0.29, 0.717) is 18.2 Å². The van der Waals surface area contributed by atoms with Crippen LogP contribution in [0.5, 0.6) is 0 Å². The Morgan fingerprint density at radius 2 is 1.08 bits per heavy atom. The summed E-state index contributed by atoms with van der Waals surface area (Å²) in [5, 5.41) is 4.03. The number of amidine groups is 2. The van der Waals surface area contributed by atoms with Crippen molar-refractivity contribution in [3.63, 3.8) is 0 Å². The number of benzene rings is 7. The van der Waals surface area contributed by atoms with Gasteiger partial charge in [-0.1, -0.05) is 127 Å². The minimum atomic E-state index is 0.455. The van der Waals surface area contributed by atoms with Gasteiger partial charge in [-0.05, 0) is 70.9 Å². The summed E-state index contributed by atoms with van der Waals surface area (Å²) in [7, 11) is 0. The lowest BCUT2D eigenvalue weighted by Crippen LogP contribution is -2.06. The molecule has 5 nitrogen and oxygen atoms in total. The molecule has 0 bridgehead atoms. The number of hydrogen-bond donors (Lipinski definition) is 0. The van der Waals surface area contributed by atoms with E-state index in [2.05, 4.69) is 103 Å². The van der Waals surface area contributed by atoms with Crippen molar-refractivity contribution < 1.29 is 8.83 Å². The van der Waals surface area contributed by atoms with Crippen LogP contribution < -0.4 is 0 Å². The molecule has 0 saturated heterocycles. The maximum absolute atomic E-state index is 6.46. The molecule has 0 unspecified atom stereocenters. The minimum Gasteiger partial charge on any atom is -0.456 e. The fourth-order valence-corrected chi connectivity index (χ4v) is 6.76. The van der Waals surface area contributed by atoms with E-state index in [4.69, 9.17) is 18.8 Å². The van der Waals surface area contributed by atoms with Crippen LogP contribution in [-0.2, 0) is 6.54 Å². The molecule has 9 aromatic rings. The molecule has 7 aromatic carbocycles. The molecule has 0 radical (unpaired) electrons. The molecular formula is C46H31N3O2. The van der Waals surface area contributed by atoms with Crippen LogP contribution in [0.1, 0.15) is 16.7 Å². The summed E-state index contributed by atoms with van der Waals surface area (Å²) in [6.45, 7) is 4.40. The van der Waals surface area contributed by atoms with Crippen LogP contribution in [0.15, 0.2) is 188 Å². The quantitative estimate of drug-likeness (QED) is 0.132. The molecule has 0 saturated carbocycles. The molecule has 0 fully saturated rings. The zero-order valence-corrected chi connectivity index (χ0v) is 27.7. The summed E-state index contributed by atoms with van der Waals surface area (Å²) in [4.78, 5) is 14.6. The molecule has 0 aliphatic heterocycles. The minimum absolute atomic E-state index is 0.455. The van der Waals surface area contributed by atoms with Crippen LogP contribution in [0.25, 0.3) is 66.1 Å². The highest BCUT2D eigenvalue weighted by Gasteiger charge is 2.17. The van der Waals surface area contributed by atoms with Gasteiger partial charge in [-0.15, -0.1) is 0 Å². The average Bonchev–Trinajstić information content (AvgIpc) is 3.76. The molecule has 0 amide bonds. The molecule has 51 heavy (non-hydrogen) atoms. The highest BCUT2D eigenvalue weighted by molar-refractivity contribution is 6.22. The van der Waals surface area contributed by atoms with Gasteiger partial charge in [0.25, 0.3) is 0 Å². The smallest absolute Gasteiger partial charge is 0.161 e. The molecule has 0 aliphatic carbocycles. The van der Waals surface area contributed by atoms with Gasteiger partial charge in [-0.25, -0.2) is 9.98 Å². The molecule has 0 N–H and O–H groups in total. The van der Waals surface area contributed by atoms with Crippen LogP contribution in [-0.4, -0.2) is 18.4 Å². The summed E-state index contributed by atoms with van der Waals surface area (Å²) < 4.78 is 12.7. The summed E-state index contributed by atoms with van der Waals surface area (Å²) in [6, 6.07) is 55.7. The SMILES string of the molecule is C=NC(=NC(=NCc1ccccc1)c1ccc2c(c1)oc1ccccc12)c1cccc2oc3cc(-c4ccc(-c5ccccc5)cc4)ccc3c12. The van der Waals surface area contributed by atoms with E-state index < -0.39 is 0 Å². The zero-order chi connectivity index (χ0) is 34.1. The second-order valence-corrected chi connectivity index (χ2v) is 12.5. The first-order valence-corrected chi connectivity index (χ1v) is 16.9. The normalized spacial score (nSPS) is 12.3. The van der Waals surface area contributed by atoms with Crippen LogP contribution >= 0.6 is 0 Å². The number of aliphatic imine (C=N–C) groups is 3. The van der Waals surface area contributed by atoms with Gasteiger partial charge in [0.2, 0.25) is 0 Å². The standard InChI is InChI=1S/C46H31N3O2/c1-47-46(49-45(48-29-30-11-4-2-5-12-30)35-24-25-37-36-15-8-9-17-40(36)50-42(37)28-35)39-16-10-18-41-44(39)38-26-23-34(27-43(38)51-41)33-21-19-32(20-22-33)31-13-6-3-7-14-31/h2-28H,1,29H2.